The van der Waals surface area contributed by atoms with Crippen molar-refractivity contribution in [2.24, 2.45) is 0 Å². The summed E-state index contributed by atoms with van der Waals surface area (Å²) in [6, 6.07) is 11.2. The van der Waals surface area contributed by atoms with Crippen molar-refractivity contribution in [2.45, 2.75) is 13.8 Å². The average Bonchev–Trinajstić information content (AvgIpc) is 2.56. The number of halogens is 1. The van der Waals surface area contributed by atoms with Crippen molar-refractivity contribution in [2.75, 3.05) is 18.5 Å². The number of aryl methyl sites for hydroxylation is 2. The Bertz CT molecular complexity index is 730. The number of hydrogen-bond acceptors (Lipinski definition) is 3. The fourth-order valence-corrected chi connectivity index (χ4v) is 1.99. The highest BCUT2D eigenvalue weighted by Gasteiger charge is 2.14. The number of nitrogens with one attached hydrogen (secondary N) is 2. The molecule has 2 amide bonds. The van der Waals surface area contributed by atoms with E-state index in [4.69, 9.17) is 4.74 Å². The number of ether oxygens (including phenoxy) is 1. The van der Waals surface area contributed by atoms with Crippen LogP contribution in [0, 0.1) is 19.7 Å². The minimum Gasteiger partial charge on any atom is -0.492 e. The van der Waals surface area contributed by atoms with Gasteiger partial charge in [0.2, 0.25) is 0 Å². The van der Waals surface area contributed by atoms with Gasteiger partial charge in [-0.25, -0.2) is 4.39 Å². The molecule has 2 rings (SSSR count). The van der Waals surface area contributed by atoms with Gasteiger partial charge in [0.1, 0.15) is 18.2 Å². The summed E-state index contributed by atoms with van der Waals surface area (Å²) >= 11 is 0. The average molecular weight is 330 g/mol. The number of benzene rings is 2. The van der Waals surface area contributed by atoms with Gasteiger partial charge in [0.05, 0.1) is 6.54 Å². The van der Waals surface area contributed by atoms with Crippen molar-refractivity contribution < 1.29 is 18.7 Å². The van der Waals surface area contributed by atoms with Gasteiger partial charge in [0.15, 0.2) is 0 Å². The molecule has 2 N–H and O–H groups in total. The highest BCUT2D eigenvalue weighted by Crippen LogP contribution is 2.16. The predicted molar refractivity (Wildman–Crippen MR) is 89.5 cm³/mol. The Labute approximate surface area is 139 Å². The van der Waals surface area contributed by atoms with Crippen LogP contribution in [0.3, 0.4) is 0 Å². The quantitative estimate of drug-likeness (QED) is 0.654. The Morgan fingerprint density at radius 3 is 2.46 bits per heavy atom. The highest BCUT2D eigenvalue weighted by atomic mass is 19.1. The topological polar surface area (TPSA) is 67.4 Å². The predicted octanol–water partition coefficient (Wildman–Crippen LogP) is 2.58. The molecule has 0 heterocycles. The van der Waals surface area contributed by atoms with Crippen LogP contribution in [0.25, 0.3) is 0 Å². The largest absolute Gasteiger partial charge is 0.492 e. The lowest BCUT2D eigenvalue weighted by Crippen LogP contribution is -2.37. The van der Waals surface area contributed by atoms with Gasteiger partial charge in [-0.2, -0.15) is 0 Å². The third-order valence-corrected chi connectivity index (χ3v) is 3.32. The van der Waals surface area contributed by atoms with Crippen molar-refractivity contribution in [3.63, 3.8) is 0 Å². The summed E-state index contributed by atoms with van der Waals surface area (Å²) in [6.45, 7) is 4.09. The zero-order chi connectivity index (χ0) is 17.5. The smallest absolute Gasteiger partial charge is 0.313 e. The van der Waals surface area contributed by atoms with E-state index in [2.05, 4.69) is 10.6 Å². The SMILES string of the molecule is Cc1ccc(C)c(NC(=O)C(=O)NCCOc2ccc(F)cc2)c1. The molecule has 0 atom stereocenters. The fourth-order valence-electron chi connectivity index (χ4n) is 1.99. The van der Waals surface area contributed by atoms with Gasteiger partial charge < -0.3 is 15.4 Å². The van der Waals surface area contributed by atoms with Gasteiger partial charge in [-0.05, 0) is 55.3 Å². The van der Waals surface area contributed by atoms with E-state index >= 15 is 0 Å². The van der Waals surface area contributed by atoms with Gasteiger partial charge in [0, 0.05) is 5.69 Å². The first-order valence-electron chi connectivity index (χ1n) is 7.50. The third kappa shape index (κ3) is 5.08. The molecule has 2 aromatic rings. The molecular formula is C18H19FN2O3. The monoisotopic (exact) mass is 330 g/mol. The Morgan fingerprint density at radius 1 is 1.04 bits per heavy atom. The Morgan fingerprint density at radius 2 is 1.75 bits per heavy atom. The fraction of sp³-hybridized carbons (Fsp3) is 0.222. The second kappa shape index (κ2) is 8.10. The second-order valence-corrected chi connectivity index (χ2v) is 5.33. The molecule has 0 unspecified atom stereocenters. The standard InChI is InChI=1S/C18H19FN2O3/c1-12-3-4-13(2)16(11-12)21-18(23)17(22)20-9-10-24-15-7-5-14(19)6-8-15/h3-8,11H,9-10H2,1-2H3,(H,20,22)(H,21,23). The molecule has 0 aliphatic carbocycles. The molecule has 0 fully saturated rings. The number of carbonyl (C=O) groups is 2. The van der Waals surface area contributed by atoms with Crippen molar-refractivity contribution in [1.82, 2.24) is 5.32 Å². The number of carbonyl (C=O) groups excluding carboxylic acids is 2. The van der Waals surface area contributed by atoms with Crippen LogP contribution in [0.2, 0.25) is 0 Å². The molecule has 0 bridgehead atoms. The first-order chi connectivity index (χ1) is 11.5. The lowest BCUT2D eigenvalue weighted by Gasteiger charge is -2.10. The molecule has 126 valence electrons. The molecular weight excluding hydrogens is 311 g/mol. The lowest BCUT2D eigenvalue weighted by atomic mass is 10.1. The van der Waals surface area contributed by atoms with Crippen molar-refractivity contribution >= 4 is 17.5 Å². The normalized spacial score (nSPS) is 10.1. The second-order valence-electron chi connectivity index (χ2n) is 5.33. The van der Waals surface area contributed by atoms with E-state index in [0.29, 0.717) is 11.4 Å². The Hall–Kier alpha value is -2.89. The molecule has 0 aliphatic heterocycles. The molecule has 5 nitrogen and oxygen atoms in total. The van der Waals surface area contributed by atoms with Crippen molar-refractivity contribution in [3.05, 3.63) is 59.4 Å². The summed E-state index contributed by atoms with van der Waals surface area (Å²) in [7, 11) is 0. The van der Waals surface area contributed by atoms with Gasteiger partial charge >= 0.3 is 11.8 Å². The van der Waals surface area contributed by atoms with Crippen LogP contribution in [0.4, 0.5) is 10.1 Å². The molecule has 0 saturated heterocycles. The van der Waals surface area contributed by atoms with Gasteiger partial charge in [-0.15, -0.1) is 0 Å². The molecule has 0 aliphatic rings. The van der Waals surface area contributed by atoms with Crippen LogP contribution >= 0.6 is 0 Å². The minimum absolute atomic E-state index is 0.163. The van der Waals surface area contributed by atoms with Gasteiger partial charge in [-0.3, -0.25) is 9.59 Å². The number of hydrogen-bond donors (Lipinski definition) is 2. The lowest BCUT2D eigenvalue weighted by molar-refractivity contribution is -0.136. The van der Waals surface area contributed by atoms with E-state index in [1.165, 1.54) is 24.3 Å². The van der Waals surface area contributed by atoms with Crippen molar-refractivity contribution in [1.29, 1.82) is 0 Å². The summed E-state index contributed by atoms with van der Waals surface area (Å²) < 4.78 is 18.1. The molecule has 6 heteroatoms. The van der Waals surface area contributed by atoms with Crippen LogP contribution in [0.5, 0.6) is 5.75 Å². The first-order valence-corrected chi connectivity index (χ1v) is 7.50. The van der Waals surface area contributed by atoms with Crippen LogP contribution < -0.4 is 15.4 Å². The van der Waals surface area contributed by atoms with Gasteiger partial charge in [-0.1, -0.05) is 12.1 Å². The molecule has 24 heavy (non-hydrogen) atoms. The summed E-state index contributed by atoms with van der Waals surface area (Å²) in [5.74, 6) is -1.33. The number of rotatable bonds is 5. The molecule has 0 spiro atoms. The highest BCUT2D eigenvalue weighted by molar-refractivity contribution is 6.39. The maximum absolute atomic E-state index is 12.7. The van der Waals surface area contributed by atoms with E-state index in [1.54, 1.807) is 6.07 Å². The summed E-state index contributed by atoms with van der Waals surface area (Å²) in [5.41, 5.74) is 2.48. The summed E-state index contributed by atoms with van der Waals surface area (Å²) in [5, 5.41) is 5.05. The number of anilines is 1. The van der Waals surface area contributed by atoms with Crippen LogP contribution in [0.1, 0.15) is 11.1 Å². The molecule has 2 aromatic carbocycles. The zero-order valence-electron chi connectivity index (χ0n) is 13.6. The Kier molecular flexibility index (Phi) is 5.89. The van der Waals surface area contributed by atoms with Crippen molar-refractivity contribution in [3.8, 4) is 5.75 Å². The molecule has 0 saturated carbocycles. The van der Waals surface area contributed by atoms with Crippen LogP contribution in [-0.4, -0.2) is 25.0 Å². The molecule has 0 aromatic heterocycles. The maximum Gasteiger partial charge on any atom is 0.313 e. The van der Waals surface area contributed by atoms with Crippen LogP contribution in [-0.2, 0) is 9.59 Å². The third-order valence-electron chi connectivity index (χ3n) is 3.32. The van der Waals surface area contributed by atoms with E-state index in [1.807, 2.05) is 26.0 Å². The Balaban J connectivity index is 1.76. The minimum atomic E-state index is -0.737. The van der Waals surface area contributed by atoms with Crippen LogP contribution in [0.15, 0.2) is 42.5 Å². The first kappa shape index (κ1) is 17.5. The molecule has 0 radical (unpaired) electrons. The van der Waals surface area contributed by atoms with E-state index in [9.17, 15) is 14.0 Å². The summed E-state index contributed by atoms with van der Waals surface area (Å²) in [6.07, 6.45) is 0. The zero-order valence-corrected chi connectivity index (χ0v) is 13.6. The summed E-state index contributed by atoms with van der Waals surface area (Å²) in [4.78, 5) is 23.6. The van der Waals surface area contributed by atoms with E-state index in [0.717, 1.165) is 11.1 Å². The maximum atomic E-state index is 12.7. The number of amides is 2. The van der Waals surface area contributed by atoms with Gasteiger partial charge in [0.25, 0.3) is 0 Å². The van der Waals surface area contributed by atoms with E-state index in [-0.39, 0.29) is 19.0 Å². The van der Waals surface area contributed by atoms with E-state index < -0.39 is 11.8 Å².